The lowest BCUT2D eigenvalue weighted by molar-refractivity contribution is -0.133. The largest absolute Gasteiger partial charge is 0.481 e. The highest BCUT2D eigenvalue weighted by atomic mass is 32.2. The molecule has 0 bridgehead atoms. The Bertz CT molecular complexity index is 384. The lowest BCUT2D eigenvalue weighted by Crippen LogP contribution is -2.31. The van der Waals surface area contributed by atoms with E-state index >= 15 is 0 Å². The van der Waals surface area contributed by atoms with E-state index in [1.54, 1.807) is 4.68 Å². The lowest BCUT2D eigenvalue weighted by Gasteiger charge is -2.23. The van der Waals surface area contributed by atoms with Crippen LogP contribution in [0.5, 0.6) is 0 Å². The normalized spacial score (nSPS) is 12.9. The van der Waals surface area contributed by atoms with E-state index < -0.39 is 5.97 Å². The van der Waals surface area contributed by atoms with Gasteiger partial charge in [0.25, 0.3) is 0 Å². The van der Waals surface area contributed by atoms with Crippen molar-refractivity contribution >= 4 is 17.7 Å². The van der Waals surface area contributed by atoms with Crippen molar-refractivity contribution in [2.24, 2.45) is 0 Å². The third kappa shape index (κ3) is 4.61. The molecule has 1 heterocycles. The van der Waals surface area contributed by atoms with E-state index in [1.807, 2.05) is 0 Å². The van der Waals surface area contributed by atoms with Gasteiger partial charge in [-0.1, -0.05) is 18.7 Å². The van der Waals surface area contributed by atoms with Gasteiger partial charge in [-0.15, -0.1) is 5.10 Å². The SMILES string of the molecule is CCC(C)N(C)CCn1nnnc1SCC(=O)O. The van der Waals surface area contributed by atoms with Crippen LogP contribution in [-0.2, 0) is 11.3 Å². The Kier molecular flexibility index (Phi) is 6.06. The summed E-state index contributed by atoms with van der Waals surface area (Å²) in [6, 6.07) is 0.511. The summed E-state index contributed by atoms with van der Waals surface area (Å²) in [6.45, 7) is 5.81. The highest BCUT2D eigenvalue weighted by Gasteiger charge is 2.11. The summed E-state index contributed by atoms with van der Waals surface area (Å²) in [5.74, 6) is -0.895. The Hall–Kier alpha value is -1.15. The predicted molar refractivity (Wildman–Crippen MR) is 68.6 cm³/mol. The number of aromatic nitrogens is 4. The average molecular weight is 273 g/mol. The van der Waals surface area contributed by atoms with Crippen LogP contribution in [0.1, 0.15) is 20.3 Å². The van der Waals surface area contributed by atoms with Gasteiger partial charge in [-0.3, -0.25) is 4.79 Å². The van der Waals surface area contributed by atoms with Gasteiger partial charge in [0.1, 0.15) is 0 Å². The number of nitrogens with zero attached hydrogens (tertiary/aromatic N) is 5. The number of aliphatic carboxylic acids is 1. The van der Waals surface area contributed by atoms with E-state index in [-0.39, 0.29) is 5.75 Å². The maximum atomic E-state index is 10.5. The molecule has 0 saturated carbocycles. The Morgan fingerprint density at radius 1 is 1.61 bits per heavy atom. The van der Waals surface area contributed by atoms with E-state index in [0.29, 0.717) is 17.7 Å². The molecular weight excluding hydrogens is 254 g/mol. The van der Waals surface area contributed by atoms with Gasteiger partial charge in [0.05, 0.1) is 12.3 Å². The molecule has 7 nitrogen and oxygen atoms in total. The zero-order valence-electron chi connectivity index (χ0n) is 10.9. The molecule has 0 radical (unpaired) electrons. The first kappa shape index (κ1) is 14.9. The maximum Gasteiger partial charge on any atom is 0.313 e. The van der Waals surface area contributed by atoms with E-state index in [0.717, 1.165) is 24.7 Å². The van der Waals surface area contributed by atoms with Crippen molar-refractivity contribution in [1.82, 2.24) is 25.1 Å². The topological polar surface area (TPSA) is 84.1 Å². The number of tetrazole rings is 1. The minimum atomic E-state index is -0.869. The fraction of sp³-hybridized carbons (Fsp3) is 0.800. The molecule has 0 aliphatic carbocycles. The molecule has 0 saturated heterocycles. The number of hydrogen-bond acceptors (Lipinski definition) is 6. The van der Waals surface area contributed by atoms with Gasteiger partial charge in [0.15, 0.2) is 0 Å². The van der Waals surface area contributed by atoms with Gasteiger partial charge in [0.2, 0.25) is 5.16 Å². The molecule has 1 rings (SSSR count). The summed E-state index contributed by atoms with van der Waals surface area (Å²) in [5, 5.41) is 20.4. The van der Waals surface area contributed by atoms with E-state index in [9.17, 15) is 4.79 Å². The number of likely N-dealkylation sites (N-methyl/N-ethyl adjacent to an activating group) is 1. The number of carbonyl (C=O) groups is 1. The van der Waals surface area contributed by atoms with Crippen LogP contribution >= 0.6 is 11.8 Å². The van der Waals surface area contributed by atoms with Crippen molar-refractivity contribution in [3.8, 4) is 0 Å². The molecule has 0 aromatic carbocycles. The fourth-order valence-corrected chi connectivity index (χ4v) is 1.97. The monoisotopic (exact) mass is 273 g/mol. The van der Waals surface area contributed by atoms with Gasteiger partial charge in [-0.05, 0) is 30.8 Å². The number of carboxylic acids is 1. The Morgan fingerprint density at radius 2 is 2.33 bits per heavy atom. The Balaban J connectivity index is 2.47. The summed E-state index contributed by atoms with van der Waals surface area (Å²) < 4.78 is 1.65. The van der Waals surface area contributed by atoms with Crippen molar-refractivity contribution in [2.75, 3.05) is 19.3 Å². The number of rotatable bonds is 8. The first-order valence-electron chi connectivity index (χ1n) is 5.85. The van der Waals surface area contributed by atoms with Crippen molar-refractivity contribution in [2.45, 2.75) is 38.0 Å². The highest BCUT2D eigenvalue weighted by molar-refractivity contribution is 7.99. The van der Waals surface area contributed by atoms with Crippen LogP contribution in [0.4, 0.5) is 0 Å². The third-order valence-electron chi connectivity index (χ3n) is 2.83. The summed E-state index contributed by atoms with van der Waals surface area (Å²) in [4.78, 5) is 12.7. The van der Waals surface area contributed by atoms with Gasteiger partial charge < -0.3 is 10.0 Å². The second-order valence-corrected chi connectivity index (χ2v) is 5.05. The zero-order chi connectivity index (χ0) is 13.5. The first-order valence-corrected chi connectivity index (χ1v) is 6.84. The molecule has 18 heavy (non-hydrogen) atoms. The molecule has 0 aliphatic heterocycles. The zero-order valence-corrected chi connectivity index (χ0v) is 11.7. The molecule has 0 aliphatic rings. The molecule has 0 amide bonds. The van der Waals surface area contributed by atoms with E-state index in [2.05, 4.69) is 41.3 Å². The summed E-state index contributed by atoms with van der Waals surface area (Å²) in [7, 11) is 2.06. The average Bonchev–Trinajstić information content (AvgIpc) is 2.79. The molecule has 102 valence electrons. The number of thioether (sulfide) groups is 1. The second-order valence-electron chi connectivity index (χ2n) is 4.10. The van der Waals surface area contributed by atoms with Crippen molar-refractivity contribution in [3.63, 3.8) is 0 Å². The van der Waals surface area contributed by atoms with Gasteiger partial charge in [0, 0.05) is 12.6 Å². The molecule has 1 aromatic rings. The second kappa shape index (κ2) is 7.32. The minimum absolute atomic E-state index is 0.0262. The van der Waals surface area contributed by atoms with Crippen molar-refractivity contribution in [1.29, 1.82) is 0 Å². The predicted octanol–water partition coefficient (Wildman–Crippen LogP) is 0.580. The smallest absolute Gasteiger partial charge is 0.313 e. The third-order valence-corrected chi connectivity index (χ3v) is 3.77. The van der Waals surface area contributed by atoms with Crippen LogP contribution in [0, 0.1) is 0 Å². The quantitative estimate of drug-likeness (QED) is 0.693. The molecular formula is C10H19N5O2S. The van der Waals surface area contributed by atoms with E-state index in [4.69, 9.17) is 5.11 Å². The summed E-state index contributed by atoms with van der Waals surface area (Å²) >= 11 is 1.14. The molecule has 0 spiro atoms. The van der Waals surface area contributed by atoms with Crippen LogP contribution in [0.15, 0.2) is 5.16 Å². The van der Waals surface area contributed by atoms with Gasteiger partial charge >= 0.3 is 5.97 Å². The molecule has 1 N–H and O–H groups in total. The highest BCUT2D eigenvalue weighted by Crippen LogP contribution is 2.13. The lowest BCUT2D eigenvalue weighted by atomic mass is 10.2. The summed E-state index contributed by atoms with van der Waals surface area (Å²) in [5.41, 5.74) is 0. The van der Waals surface area contributed by atoms with Crippen LogP contribution < -0.4 is 0 Å². The van der Waals surface area contributed by atoms with Crippen molar-refractivity contribution < 1.29 is 9.90 Å². The van der Waals surface area contributed by atoms with Crippen LogP contribution in [-0.4, -0.2) is 61.6 Å². The maximum absolute atomic E-state index is 10.5. The molecule has 8 heteroatoms. The van der Waals surface area contributed by atoms with Crippen LogP contribution in [0.2, 0.25) is 0 Å². The van der Waals surface area contributed by atoms with Crippen LogP contribution in [0.25, 0.3) is 0 Å². The van der Waals surface area contributed by atoms with Crippen molar-refractivity contribution in [3.05, 3.63) is 0 Å². The first-order chi connectivity index (χ1) is 8.54. The summed E-state index contributed by atoms with van der Waals surface area (Å²) in [6.07, 6.45) is 1.09. The standard InChI is InChI=1S/C10H19N5O2S/c1-4-8(2)14(3)5-6-15-10(11-12-13-15)18-7-9(16)17/h8H,4-7H2,1-3H3,(H,16,17). The molecule has 1 aromatic heterocycles. The Labute approximate surface area is 111 Å². The molecule has 1 atom stereocenters. The van der Waals surface area contributed by atoms with Gasteiger partial charge in [-0.25, -0.2) is 4.68 Å². The molecule has 1 unspecified atom stereocenters. The Morgan fingerprint density at radius 3 is 2.94 bits per heavy atom. The minimum Gasteiger partial charge on any atom is -0.481 e. The molecule has 0 fully saturated rings. The van der Waals surface area contributed by atoms with Crippen LogP contribution in [0.3, 0.4) is 0 Å². The van der Waals surface area contributed by atoms with E-state index in [1.165, 1.54) is 0 Å². The number of hydrogen-bond donors (Lipinski definition) is 1. The fourth-order valence-electron chi connectivity index (χ4n) is 1.35. The number of carboxylic acid groups (broad SMARTS) is 1. The van der Waals surface area contributed by atoms with Gasteiger partial charge in [-0.2, -0.15) is 0 Å².